The monoisotopic (exact) mass is 411 g/mol. The number of para-hydroxylation sites is 1. The number of benzene rings is 3. The molecule has 0 saturated heterocycles. The minimum Gasteiger partial charge on any atom is -0.465 e. The van der Waals surface area contributed by atoms with Crippen LogP contribution in [0.2, 0.25) is 5.02 Å². The third-order valence-corrected chi connectivity index (χ3v) is 5.35. The molecule has 0 radical (unpaired) electrons. The zero-order valence-electron chi connectivity index (χ0n) is 15.1. The molecular formula is C22H18ClNO3S. The van der Waals surface area contributed by atoms with Crippen molar-refractivity contribution in [3.63, 3.8) is 0 Å². The number of thioether (sulfide) groups is 1. The molecule has 3 aromatic rings. The Morgan fingerprint density at radius 3 is 2.32 bits per heavy atom. The predicted octanol–water partition coefficient (Wildman–Crippen LogP) is 5.67. The summed E-state index contributed by atoms with van der Waals surface area (Å²) in [6, 6.07) is 21.8. The maximum absolute atomic E-state index is 12.5. The van der Waals surface area contributed by atoms with E-state index >= 15 is 0 Å². The van der Waals surface area contributed by atoms with Crippen molar-refractivity contribution < 1.29 is 14.3 Å². The van der Waals surface area contributed by atoms with Gasteiger partial charge in [0, 0.05) is 21.2 Å². The van der Waals surface area contributed by atoms with Gasteiger partial charge >= 0.3 is 5.97 Å². The molecule has 0 saturated carbocycles. The van der Waals surface area contributed by atoms with E-state index in [4.69, 9.17) is 16.3 Å². The van der Waals surface area contributed by atoms with Gasteiger partial charge in [-0.3, -0.25) is 4.79 Å². The molecule has 0 unspecified atom stereocenters. The van der Waals surface area contributed by atoms with Crippen molar-refractivity contribution in [2.45, 2.75) is 10.6 Å². The zero-order chi connectivity index (χ0) is 19.9. The molecular weight excluding hydrogens is 394 g/mol. The van der Waals surface area contributed by atoms with E-state index in [0.717, 1.165) is 16.2 Å². The Kier molecular flexibility index (Phi) is 6.74. The van der Waals surface area contributed by atoms with E-state index in [1.54, 1.807) is 48.2 Å². The highest BCUT2D eigenvalue weighted by Crippen LogP contribution is 2.24. The molecule has 1 amide bonds. The first-order chi connectivity index (χ1) is 13.6. The number of methoxy groups -OCH3 is 1. The molecule has 6 heteroatoms. The van der Waals surface area contributed by atoms with E-state index in [-0.39, 0.29) is 5.91 Å². The van der Waals surface area contributed by atoms with Crippen LogP contribution in [0.3, 0.4) is 0 Å². The molecule has 0 atom stereocenters. The molecule has 4 nitrogen and oxygen atoms in total. The van der Waals surface area contributed by atoms with Crippen molar-refractivity contribution in [3.05, 3.63) is 94.5 Å². The van der Waals surface area contributed by atoms with Gasteiger partial charge in [0.25, 0.3) is 5.91 Å². The first kappa shape index (κ1) is 20.0. The molecule has 142 valence electrons. The van der Waals surface area contributed by atoms with Crippen LogP contribution in [-0.2, 0) is 10.5 Å². The first-order valence-electron chi connectivity index (χ1n) is 8.53. The Labute approximate surface area is 172 Å². The van der Waals surface area contributed by atoms with E-state index in [2.05, 4.69) is 5.32 Å². The van der Waals surface area contributed by atoms with Crippen LogP contribution in [0.15, 0.2) is 77.7 Å². The average Bonchev–Trinajstić information content (AvgIpc) is 2.73. The van der Waals surface area contributed by atoms with Crippen molar-refractivity contribution in [2.75, 3.05) is 12.4 Å². The fourth-order valence-electron chi connectivity index (χ4n) is 2.52. The summed E-state index contributed by atoms with van der Waals surface area (Å²) < 4.78 is 4.75. The largest absolute Gasteiger partial charge is 0.465 e. The van der Waals surface area contributed by atoms with Gasteiger partial charge in [0.05, 0.1) is 18.4 Å². The van der Waals surface area contributed by atoms with Gasteiger partial charge in [-0.1, -0.05) is 35.9 Å². The summed E-state index contributed by atoms with van der Waals surface area (Å²) in [7, 11) is 1.31. The number of anilines is 1. The number of amides is 1. The van der Waals surface area contributed by atoms with Gasteiger partial charge in [0.15, 0.2) is 0 Å². The zero-order valence-corrected chi connectivity index (χ0v) is 16.7. The highest BCUT2D eigenvalue weighted by Gasteiger charge is 2.14. The minimum atomic E-state index is -0.495. The van der Waals surface area contributed by atoms with E-state index < -0.39 is 5.97 Å². The standard InChI is InChI=1S/C22H18ClNO3S/c1-27-22(26)19-4-2-3-5-20(19)24-21(25)16-8-6-15(7-9-16)14-28-18-12-10-17(23)11-13-18/h2-13H,14H2,1H3,(H,24,25). The van der Waals surface area contributed by atoms with Crippen LogP contribution < -0.4 is 5.32 Å². The lowest BCUT2D eigenvalue weighted by Crippen LogP contribution is -2.15. The van der Waals surface area contributed by atoms with Gasteiger partial charge in [-0.05, 0) is 54.1 Å². The summed E-state index contributed by atoms with van der Waals surface area (Å²) >= 11 is 7.59. The number of carbonyl (C=O) groups excluding carboxylic acids is 2. The third-order valence-electron chi connectivity index (χ3n) is 4.02. The van der Waals surface area contributed by atoms with Crippen molar-refractivity contribution >= 4 is 40.9 Å². The molecule has 0 fully saturated rings. The summed E-state index contributed by atoms with van der Waals surface area (Å²) in [6.07, 6.45) is 0. The van der Waals surface area contributed by atoms with E-state index in [1.165, 1.54) is 7.11 Å². The number of carbonyl (C=O) groups is 2. The number of ether oxygens (including phenoxy) is 1. The van der Waals surface area contributed by atoms with Crippen LogP contribution in [0.1, 0.15) is 26.3 Å². The molecule has 0 aromatic heterocycles. The number of halogens is 1. The molecule has 28 heavy (non-hydrogen) atoms. The van der Waals surface area contributed by atoms with Gasteiger partial charge in [-0.15, -0.1) is 11.8 Å². The van der Waals surface area contributed by atoms with Crippen LogP contribution in [0.25, 0.3) is 0 Å². The Bertz CT molecular complexity index is 972. The normalized spacial score (nSPS) is 10.4. The topological polar surface area (TPSA) is 55.4 Å². The lowest BCUT2D eigenvalue weighted by Gasteiger charge is -2.10. The van der Waals surface area contributed by atoms with Gasteiger partial charge in [0.1, 0.15) is 0 Å². The van der Waals surface area contributed by atoms with E-state index in [9.17, 15) is 9.59 Å². The predicted molar refractivity (Wildman–Crippen MR) is 113 cm³/mol. The fourth-order valence-corrected chi connectivity index (χ4v) is 3.50. The number of nitrogens with one attached hydrogen (secondary N) is 1. The molecule has 0 aliphatic carbocycles. The number of esters is 1. The fraction of sp³-hybridized carbons (Fsp3) is 0.0909. The summed E-state index contributed by atoms with van der Waals surface area (Å²) in [4.78, 5) is 25.5. The van der Waals surface area contributed by atoms with E-state index in [1.807, 2.05) is 36.4 Å². The lowest BCUT2D eigenvalue weighted by atomic mass is 10.1. The van der Waals surface area contributed by atoms with Crippen molar-refractivity contribution in [3.8, 4) is 0 Å². The molecule has 3 rings (SSSR count). The molecule has 0 bridgehead atoms. The van der Waals surface area contributed by atoms with Gasteiger partial charge in [0.2, 0.25) is 0 Å². The second kappa shape index (κ2) is 9.44. The SMILES string of the molecule is COC(=O)c1ccccc1NC(=O)c1ccc(CSc2ccc(Cl)cc2)cc1. The Balaban J connectivity index is 1.64. The number of hydrogen-bond donors (Lipinski definition) is 1. The highest BCUT2D eigenvalue weighted by molar-refractivity contribution is 7.98. The Hall–Kier alpha value is -2.76. The summed E-state index contributed by atoms with van der Waals surface area (Å²) in [5.74, 6) is 0.00746. The molecule has 1 N–H and O–H groups in total. The second-order valence-electron chi connectivity index (χ2n) is 5.93. The molecule has 3 aromatic carbocycles. The summed E-state index contributed by atoms with van der Waals surface area (Å²) in [6.45, 7) is 0. The van der Waals surface area contributed by atoms with E-state index in [0.29, 0.717) is 21.8 Å². The maximum atomic E-state index is 12.5. The van der Waals surface area contributed by atoms with Gasteiger partial charge in [-0.2, -0.15) is 0 Å². The summed E-state index contributed by atoms with van der Waals surface area (Å²) in [5.41, 5.74) is 2.35. The number of hydrogen-bond acceptors (Lipinski definition) is 4. The van der Waals surface area contributed by atoms with Crippen LogP contribution >= 0.6 is 23.4 Å². The Morgan fingerprint density at radius 2 is 1.64 bits per heavy atom. The minimum absolute atomic E-state index is 0.284. The highest BCUT2D eigenvalue weighted by atomic mass is 35.5. The second-order valence-corrected chi connectivity index (χ2v) is 7.42. The molecule has 0 heterocycles. The van der Waals surface area contributed by atoms with Gasteiger partial charge in [-0.25, -0.2) is 4.79 Å². The number of rotatable bonds is 6. The van der Waals surface area contributed by atoms with Crippen molar-refractivity contribution in [1.29, 1.82) is 0 Å². The van der Waals surface area contributed by atoms with Crippen LogP contribution in [0.5, 0.6) is 0 Å². The van der Waals surface area contributed by atoms with Crippen LogP contribution in [-0.4, -0.2) is 19.0 Å². The third kappa shape index (κ3) is 5.15. The first-order valence-corrected chi connectivity index (χ1v) is 9.89. The van der Waals surface area contributed by atoms with Crippen molar-refractivity contribution in [2.24, 2.45) is 0 Å². The quantitative estimate of drug-likeness (QED) is 0.419. The van der Waals surface area contributed by atoms with Crippen molar-refractivity contribution in [1.82, 2.24) is 0 Å². The maximum Gasteiger partial charge on any atom is 0.339 e. The van der Waals surface area contributed by atoms with Gasteiger partial charge < -0.3 is 10.1 Å². The molecule has 0 aliphatic rings. The smallest absolute Gasteiger partial charge is 0.339 e. The average molecular weight is 412 g/mol. The lowest BCUT2D eigenvalue weighted by molar-refractivity contribution is 0.0602. The molecule has 0 spiro atoms. The summed E-state index contributed by atoms with van der Waals surface area (Å²) in [5, 5.41) is 3.48. The van der Waals surface area contributed by atoms with Crippen LogP contribution in [0, 0.1) is 0 Å². The Morgan fingerprint density at radius 1 is 0.964 bits per heavy atom. The van der Waals surface area contributed by atoms with Crippen LogP contribution in [0.4, 0.5) is 5.69 Å². The molecule has 0 aliphatic heterocycles.